The predicted octanol–water partition coefficient (Wildman–Crippen LogP) is 8.01. The fourth-order valence-electron chi connectivity index (χ4n) is 7.74. The number of allylic oxidation sites excluding steroid dienone is 2. The van der Waals surface area contributed by atoms with E-state index in [4.69, 9.17) is 19.3 Å². The van der Waals surface area contributed by atoms with Crippen molar-refractivity contribution in [3.8, 4) is 11.8 Å². The molecule has 66 heavy (non-hydrogen) atoms. The third kappa shape index (κ3) is 9.53. The number of aromatic nitrogens is 1. The van der Waals surface area contributed by atoms with Crippen LogP contribution in [0.25, 0.3) is 0 Å². The zero-order valence-electron chi connectivity index (χ0n) is 35.8. The number of rotatable bonds is 16. The van der Waals surface area contributed by atoms with Crippen LogP contribution in [0, 0.1) is 11.8 Å². The largest absolute Gasteiger partial charge is 0.466 e. The maximum Gasteiger partial charge on any atom is 0.356 e. The highest BCUT2D eigenvalue weighted by atomic mass is 32.2. The van der Waals surface area contributed by atoms with Gasteiger partial charge in [0.25, 0.3) is 11.8 Å². The number of amides is 2. The van der Waals surface area contributed by atoms with Crippen molar-refractivity contribution in [3.63, 3.8) is 0 Å². The third-order valence-electron chi connectivity index (χ3n) is 10.9. The van der Waals surface area contributed by atoms with Crippen LogP contribution in [0.2, 0.25) is 0 Å². The van der Waals surface area contributed by atoms with Crippen LogP contribution in [-0.4, -0.2) is 70.2 Å². The van der Waals surface area contributed by atoms with Gasteiger partial charge in [0.1, 0.15) is 28.3 Å². The van der Waals surface area contributed by atoms with Gasteiger partial charge >= 0.3 is 11.9 Å². The summed E-state index contributed by atoms with van der Waals surface area (Å²) in [6.45, 7) is 1.11. The molecule has 1 saturated heterocycles. The molecule has 2 N–H and O–H groups in total. The average Bonchev–Trinajstić information content (AvgIpc) is 3.84. The quantitative estimate of drug-likeness (QED) is 0.0244. The third-order valence-corrected chi connectivity index (χ3v) is 12.9. The molecule has 0 unspecified atom stereocenters. The Bertz CT molecular complexity index is 2710. The van der Waals surface area contributed by atoms with Gasteiger partial charge in [-0.1, -0.05) is 163 Å². The van der Waals surface area contributed by atoms with E-state index in [0.29, 0.717) is 16.5 Å². The number of methoxy groups -OCH3 is 1. The van der Waals surface area contributed by atoms with Crippen molar-refractivity contribution in [1.82, 2.24) is 15.2 Å². The topological polar surface area (TPSA) is 149 Å². The van der Waals surface area contributed by atoms with Crippen LogP contribution in [0.5, 0.6) is 0 Å². The van der Waals surface area contributed by atoms with Crippen LogP contribution < -0.4 is 10.6 Å². The minimum atomic E-state index is -1.07. The summed E-state index contributed by atoms with van der Waals surface area (Å²) < 4.78 is 11.0. The summed E-state index contributed by atoms with van der Waals surface area (Å²) in [5, 5.41) is 12.0. The minimum Gasteiger partial charge on any atom is -0.466 e. The van der Waals surface area contributed by atoms with Crippen LogP contribution in [0.1, 0.15) is 46.5 Å². The lowest BCUT2D eigenvalue weighted by molar-refractivity contribution is -0.154. The van der Waals surface area contributed by atoms with Gasteiger partial charge in [-0.15, -0.1) is 29.0 Å². The molecule has 0 aliphatic carbocycles. The first-order chi connectivity index (χ1) is 32.3. The molecule has 1 aromatic heterocycles. The average molecular weight is 914 g/mol. The number of β-lactam (4-membered cyclic amide) rings is 1. The molecular weight excluding hydrogens is 871 g/mol. The molecule has 0 saturated carbocycles. The molecule has 2 aliphatic heterocycles. The first-order valence-electron chi connectivity index (χ1n) is 20.9. The number of hydrogen-bond donors (Lipinski definition) is 2. The van der Waals surface area contributed by atoms with Crippen molar-refractivity contribution < 1.29 is 33.5 Å². The molecular formula is C52H43N5O7S2. The number of esters is 2. The molecule has 0 spiro atoms. The Labute approximate surface area is 390 Å². The SMILES string of the molecule is CC#C/C=C/C1=C(C(=O)OC(c2ccccc2)c2ccccc2)N2C(=O)[C@@H](NC(=O)/C(=N\OCC(=O)OC)c3csc(NC(c4ccccc4)(c4ccccc4)c4ccccc4)n3)[C@H]2SC1. The number of benzene rings is 5. The number of carbonyl (C=O) groups excluding carboxylic acids is 4. The lowest BCUT2D eigenvalue weighted by atomic mass is 9.77. The highest BCUT2D eigenvalue weighted by Crippen LogP contribution is 2.43. The van der Waals surface area contributed by atoms with Crippen LogP contribution in [-0.2, 0) is 39.0 Å². The number of oxime groups is 1. The highest BCUT2D eigenvalue weighted by Gasteiger charge is 2.55. The summed E-state index contributed by atoms with van der Waals surface area (Å²) in [6.07, 6.45) is 2.55. The van der Waals surface area contributed by atoms with Crippen LogP contribution in [0.4, 0.5) is 5.13 Å². The van der Waals surface area contributed by atoms with E-state index in [0.717, 1.165) is 27.8 Å². The van der Waals surface area contributed by atoms with Crippen molar-refractivity contribution >= 4 is 57.7 Å². The van der Waals surface area contributed by atoms with Gasteiger partial charge in [0.15, 0.2) is 16.9 Å². The summed E-state index contributed by atoms with van der Waals surface area (Å²) in [5.74, 6) is 3.25. The van der Waals surface area contributed by atoms with E-state index in [1.165, 1.54) is 35.1 Å². The van der Waals surface area contributed by atoms with Gasteiger partial charge in [-0.2, -0.15) is 0 Å². The van der Waals surface area contributed by atoms with Gasteiger partial charge in [-0.05, 0) is 52.5 Å². The van der Waals surface area contributed by atoms with Gasteiger partial charge in [0.05, 0.1) is 7.11 Å². The standard InChI is InChI=1S/C52H43N5O7S2/c1-3-4-10-25-37-33-65-49-44(48(60)57(49)45(37)50(61)64-46(35-21-11-5-12-22-35)36-23-13-6-14-24-36)54-47(59)43(56-63-32-42(58)62-2)41-34-66-51(53-41)55-52(38-26-15-7-16-27-38,39-28-17-8-18-29-39)40-30-19-9-20-31-40/h5-31,34,44,46,49H,32-33H2,1-2H3,(H,53,55)(H,54,59)/b25-10+,56-43-/t44-,49-/m1/s1. The highest BCUT2D eigenvalue weighted by molar-refractivity contribution is 8.00. The molecule has 2 amide bonds. The fraction of sp³-hybridized carbons (Fsp3) is 0.154. The summed E-state index contributed by atoms with van der Waals surface area (Å²) in [5.41, 5.74) is 3.83. The Morgan fingerprint density at radius 2 is 1.39 bits per heavy atom. The molecule has 5 aromatic carbocycles. The van der Waals surface area contributed by atoms with Gasteiger partial charge < -0.3 is 24.9 Å². The van der Waals surface area contributed by atoms with E-state index in [-0.39, 0.29) is 17.1 Å². The Kier molecular flexibility index (Phi) is 14.2. The maximum absolute atomic E-state index is 14.4. The molecule has 0 radical (unpaired) electrons. The van der Waals surface area contributed by atoms with Crippen LogP contribution in [0.15, 0.2) is 186 Å². The first kappa shape index (κ1) is 44.9. The lowest BCUT2D eigenvalue weighted by Crippen LogP contribution is -2.71. The number of thioether (sulfide) groups is 1. The zero-order chi connectivity index (χ0) is 45.9. The Morgan fingerprint density at radius 1 is 0.848 bits per heavy atom. The van der Waals surface area contributed by atoms with E-state index in [1.807, 2.05) is 152 Å². The molecule has 330 valence electrons. The molecule has 1 fully saturated rings. The van der Waals surface area contributed by atoms with E-state index in [9.17, 15) is 19.2 Å². The number of nitrogens with zero attached hydrogens (tertiary/aromatic N) is 3. The monoisotopic (exact) mass is 913 g/mol. The van der Waals surface area contributed by atoms with Gasteiger partial charge in [-0.3, -0.25) is 14.5 Å². The molecule has 2 atom stereocenters. The molecule has 8 rings (SSSR count). The molecule has 2 aliphatic rings. The van der Waals surface area contributed by atoms with Gasteiger partial charge in [0.2, 0.25) is 6.61 Å². The van der Waals surface area contributed by atoms with Crippen molar-refractivity contribution in [2.75, 3.05) is 24.8 Å². The predicted molar refractivity (Wildman–Crippen MR) is 255 cm³/mol. The summed E-state index contributed by atoms with van der Waals surface area (Å²) in [6, 6.07) is 47.5. The number of nitrogens with one attached hydrogen (secondary N) is 2. The van der Waals surface area contributed by atoms with Crippen molar-refractivity contribution in [2.24, 2.45) is 5.16 Å². The number of thiazole rings is 1. The summed E-state index contributed by atoms with van der Waals surface area (Å²) in [7, 11) is 1.20. The first-order valence-corrected chi connectivity index (χ1v) is 22.8. The molecule has 12 nitrogen and oxygen atoms in total. The molecule has 3 heterocycles. The van der Waals surface area contributed by atoms with Crippen molar-refractivity contribution in [2.45, 2.75) is 30.0 Å². The van der Waals surface area contributed by atoms with Gasteiger partial charge in [0, 0.05) is 11.1 Å². The number of hydrogen-bond acceptors (Lipinski definition) is 12. The number of ether oxygens (including phenoxy) is 2. The number of anilines is 1. The Hall–Kier alpha value is -7.73. The zero-order valence-corrected chi connectivity index (χ0v) is 37.5. The molecule has 14 heteroatoms. The molecule has 0 bridgehead atoms. The van der Waals surface area contributed by atoms with Crippen LogP contribution >= 0.6 is 23.1 Å². The molecule has 6 aromatic rings. The Balaban J connectivity index is 1.09. The van der Waals surface area contributed by atoms with Crippen molar-refractivity contribution in [3.05, 3.63) is 214 Å². The second-order valence-electron chi connectivity index (χ2n) is 14.9. The smallest absolute Gasteiger partial charge is 0.356 e. The van der Waals surface area contributed by atoms with Gasteiger partial charge in [-0.25, -0.2) is 14.6 Å². The number of carbonyl (C=O) groups is 4. The van der Waals surface area contributed by atoms with E-state index in [2.05, 4.69) is 27.6 Å². The maximum atomic E-state index is 14.4. The fourth-order valence-corrected chi connectivity index (χ4v) is 9.81. The van der Waals surface area contributed by atoms with Crippen molar-refractivity contribution in [1.29, 1.82) is 0 Å². The van der Waals surface area contributed by atoms with E-state index in [1.54, 1.807) is 24.5 Å². The Morgan fingerprint density at radius 3 is 1.92 bits per heavy atom. The number of fused-ring (bicyclic) bond motifs is 1. The van der Waals surface area contributed by atoms with E-state index >= 15 is 0 Å². The summed E-state index contributed by atoms with van der Waals surface area (Å²) >= 11 is 2.61. The normalized spacial score (nSPS) is 15.8. The summed E-state index contributed by atoms with van der Waals surface area (Å²) in [4.78, 5) is 66.7. The minimum absolute atomic E-state index is 0.0597. The second kappa shape index (κ2) is 20.8. The van der Waals surface area contributed by atoms with E-state index < -0.39 is 53.4 Å². The van der Waals surface area contributed by atoms with Crippen LogP contribution in [0.3, 0.4) is 0 Å². The lowest BCUT2D eigenvalue weighted by Gasteiger charge is -2.49. The second-order valence-corrected chi connectivity index (χ2v) is 16.8.